The van der Waals surface area contributed by atoms with Crippen molar-refractivity contribution >= 4 is 29.6 Å². The summed E-state index contributed by atoms with van der Waals surface area (Å²) in [4.78, 5) is 57.2. The average Bonchev–Trinajstić information content (AvgIpc) is 2.71. The van der Waals surface area contributed by atoms with Crippen molar-refractivity contribution in [1.29, 1.82) is 0 Å². The second-order valence-electron chi connectivity index (χ2n) is 7.55. The number of ether oxygens (including phenoxy) is 6. The first kappa shape index (κ1) is 27.3. The van der Waals surface area contributed by atoms with E-state index in [9.17, 15) is 34.4 Å². The molecule has 192 valence electrons. The Labute approximate surface area is 199 Å². The molecule has 1 aliphatic heterocycles. The SMILES string of the molecule is CC(=O)OCC1OC(Oc2cc([N+](=O)[O-])c(O)cc2C)C(OC(C)=O)C(OC(C)=O)C1OC(C)=O. The van der Waals surface area contributed by atoms with Crippen LogP contribution in [0.3, 0.4) is 0 Å². The summed E-state index contributed by atoms with van der Waals surface area (Å²) in [6.07, 6.45) is -7.18. The summed E-state index contributed by atoms with van der Waals surface area (Å²) < 4.78 is 32.3. The maximum absolute atomic E-state index is 11.9. The van der Waals surface area contributed by atoms with Gasteiger partial charge >= 0.3 is 29.6 Å². The molecular weight excluding hydrogens is 474 g/mol. The Morgan fingerprint density at radius 2 is 1.49 bits per heavy atom. The minimum Gasteiger partial charge on any atom is -0.502 e. The van der Waals surface area contributed by atoms with Gasteiger partial charge in [-0.1, -0.05) is 0 Å². The van der Waals surface area contributed by atoms with Crippen molar-refractivity contribution in [3.05, 3.63) is 27.8 Å². The van der Waals surface area contributed by atoms with Crippen molar-refractivity contribution in [2.75, 3.05) is 6.61 Å². The van der Waals surface area contributed by atoms with Crippen molar-refractivity contribution in [3.8, 4) is 11.5 Å². The summed E-state index contributed by atoms with van der Waals surface area (Å²) in [5, 5.41) is 21.1. The first-order valence-corrected chi connectivity index (χ1v) is 10.2. The van der Waals surface area contributed by atoms with Crippen LogP contribution in [0.4, 0.5) is 5.69 Å². The molecule has 0 aromatic heterocycles. The van der Waals surface area contributed by atoms with E-state index in [-0.39, 0.29) is 11.3 Å². The van der Waals surface area contributed by atoms with Crippen LogP contribution in [0.5, 0.6) is 11.5 Å². The number of aryl methyl sites for hydroxylation is 1. The third kappa shape index (κ3) is 7.27. The number of nitro benzene ring substituents is 1. The molecule has 0 radical (unpaired) electrons. The van der Waals surface area contributed by atoms with Gasteiger partial charge in [0.1, 0.15) is 18.5 Å². The fourth-order valence-electron chi connectivity index (χ4n) is 3.34. The van der Waals surface area contributed by atoms with Crippen molar-refractivity contribution in [2.45, 2.75) is 65.3 Å². The molecular formula is C21H25NO13. The predicted octanol–water partition coefficient (Wildman–Crippen LogP) is 1.07. The van der Waals surface area contributed by atoms with Crippen LogP contribution in [0.25, 0.3) is 0 Å². The Morgan fingerprint density at radius 3 is 2.00 bits per heavy atom. The van der Waals surface area contributed by atoms with Gasteiger partial charge in [-0.25, -0.2) is 0 Å². The fraction of sp³-hybridized carbons (Fsp3) is 0.524. The van der Waals surface area contributed by atoms with Gasteiger partial charge in [0.15, 0.2) is 18.0 Å². The Morgan fingerprint density at radius 1 is 0.943 bits per heavy atom. The molecule has 1 heterocycles. The van der Waals surface area contributed by atoms with E-state index in [1.165, 1.54) is 6.92 Å². The second-order valence-corrected chi connectivity index (χ2v) is 7.55. The Kier molecular flexibility index (Phi) is 8.94. The summed E-state index contributed by atoms with van der Waals surface area (Å²) in [6.45, 7) is 5.34. The quantitative estimate of drug-likeness (QED) is 0.232. The van der Waals surface area contributed by atoms with E-state index in [1.54, 1.807) is 0 Å². The van der Waals surface area contributed by atoms with Gasteiger partial charge < -0.3 is 33.5 Å². The molecule has 1 aromatic carbocycles. The minimum absolute atomic E-state index is 0.129. The molecule has 14 heteroatoms. The third-order valence-electron chi connectivity index (χ3n) is 4.66. The molecule has 1 N–H and O–H groups in total. The molecule has 14 nitrogen and oxygen atoms in total. The van der Waals surface area contributed by atoms with Crippen LogP contribution in [-0.2, 0) is 42.9 Å². The number of hydrogen-bond acceptors (Lipinski definition) is 13. The molecule has 0 bridgehead atoms. The normalized spacial score (nSPS) is 23.5. The monoisotopic (exact) mass is 499 g/mol. The molecule has 1 aliphatic rings. The summed E-state index contributed by atoms with van der Waals surface area (Å²) in [6, 6.07) is 2.01. The summed E-state index contributed by atoms with van der Waals surface area (Å²) in [5.74, 6) is -3.89. The summed E-state index contributed by atoms with van der Waals surface area (Å²) in [7, 11) is 0. The van der Waals surface area contributed by atoms with Crippen LogP contribution < -0.4 is 4.74 Å². The minimum atomic E-state index is -1.57. The van der Waals surface area contributed by atoms with E-state index in [0.717, 1.165) is 39.8 Å². The van der Waals surface area contributed by atoms with Crippen LogP contribution in [0.1, 0.15) is 33.3 Å². The number of carbonyl (C=O) groups is 4. The van der Waals surface area contributed by atoms with Crippen LogP contribution >= 0.6 is 0 Å². The maximum Gasteiger partial charge on any atom is 0.314 e. The van der Waals surface area contributed by atoms with Crippen molar-refractivity contribution < 1.29 is 57.6 Å². The van der Waals surface area contributed by atoms with E-state index in [2.05, 4.69) is 0 Å². The van der Waals surface area contributed by atoms with Crippen molar-refractivity contribution in [1.82, 2.24) is 0 Å². The Hall–Kier alpha value is -3.94. The lowest BCUT2D eigenvalue weighted by Crippen LogP contribution is -2.63. The number of nitro groups is 1. The van der Waals surface area contributed by atoms with E-state index >= 15 is 0 Å². The lowest BCUT2D eigenvalue weighted by Gasteiger charge is -2.44. The molecule has 35 heavy (non-hydrogen) atoms. The number of aromatic hydroxyl groups is 1. The fourth-order valence-corrected chi connectivity index (χ4v) is 3.34. The number of phenols is 1. The van der Waals surface area contributed by atoms with Crippen LogP contribution in [0, 0.1) is 17.0 Å². The molecule has 1 saturated heterocycles. The molecule has 5 atom stereocenters. The highest BCUT2D eigenvalue weighted by molar-refractivity contribution is 5.68. The molecule has 2 rings (SSSR count). The van der Waals surface area contributed by atoms with E-state index < -0.39 is 77.6 Å². The number of benzene rings is 1. The van der Waals surface area contributed by atoms with Crippen LogP contribution in [0.2, 0.25) is 0 Å². The average molecular weight is 499 g/mol. The number of esters is 4. The lowest BCUT2D eigenvalue weighted by atomic mass is 9.98. The predicted molar refractivity (Wildman–Crippen MR) is 112 cm³/mol. The molecule has 1 fully saturated rings. The molecule has 0 amide bonds. The van der Waals surface area contributed by atoms with Crippen molar-refractivity contribution in [2.24, 2.45) is 0 Å². The zero-order chi connectivity index (χ0) is 26.4. The number of nitrogens with zero attached hydrogens (tertiary/aromatic N) is 1. The highest BCUT2D eigenvalue weighted by Crippen LogP contribution is 2.36. The zero-order valence-electron chi connectivity index (χ0n) is 19.5. The molecule has 1 aromatic rings. The van der Waals surface area contributed by atoms with Gasteiger partial charge in [0.05, 0.1) is 11.0 Å². The van der Waals surface area contributed by atoms with Gasteiger partial charge in [-0.15, -0.1) is 0 Å². The van der Waals surface area contributed by atoms with Gasteiger partial charge in [0.2, 0.25) is 12.4 Å². The molecule has 0 spiro atoms. The Bertz CT molecular complexity index is 1010. The van der Waals surface area contributed by atoms with Gasteiger partial charge in [0.25, 0.3) is 0 Å². The molecule has 0 saturated carbocycles. The number of hydrogen-bond donors (Lipinski definition) is 1. The first-order valence-electron chi connectivity index (χ1n) is 10.2. The van der Waals surface area contributed by atoms with Crippen LogP contribution in [-0.4, -0.2) is 71.2 Å². The third-order valence-corrected chi connectivity index (χ3v) is 4.66. The standard InChI is InChI=1S/C21H25NO13/c1-9-6-15(27)14(22(28)29)7-16(9)34-21-20(33-13(5)26)19(32-12(4)25)18(31-11(3)24)17(35-21)8-30-10(2)23/h6-7,17-21,27H,8H2,1-5H3. The molecule has 0 aliphatic carbocycles. The van der Waals surface area contributed by atoms with Gasteiger partial charge in [-0.3, -0.25) is 29.3 Å². The summed E-state index contributed by atoms with van der Waals surface area (Å²) >= 11 is 0. The zero-order valence-corrected chi connectivity index (χ0v) is 19.5. The lowest BCUT2D eigenvalue weighted by molar-refractivity contribution is -0.386. The van der Waals surface area contributed by atoms with Gasteiger partial charge in [-0.05, 0) is 18.6 Å². The maximum atomic E-state index is 11.9. The second kappa shape index (κ2) is 11.5. The number of carbonyl (C=O) groups excluding carboxylic acids is 4. The topological polar surface area (TPSA) is 187 Å². The molecule has 5 unspecified atom stereocenters. The van der Waals surface area contributed by atoms with Gasteiger partial charge in [0, 0.05) is 27.7 Å². The first-order chi connectivity index (χ1) is 16.3. The van der Waals surface area contributed by atoms with E-state index in [1.807, 2.05) is 0 Å². The number of phenolic OH excluding ortho intramolecular Hbond substituents is 1. The van der Waals surface area contributed by atoms with E-state index in [0.29, 0.717) is 0 Å². The summed E-state index contributed by atoms with van der Waals surface area (Å²) in [5.41, 5.74) is -0.419. The van der Waals surface area contributed by atoms with E-state index in [4.69, 9.17) is 28.4 Å². The Balaban J connectivity index is 2.55. The van der Waals surface area contributed by atoms with Crippen molar-refractivity contribution in [3.63, 3.8) is 0 Å². The highest BCUT2D eigenvalue weighted by atomic mass is 16.7. The highest BCUT2D eigenvalue weighted by Gasteiger charge is 2.53. The van der Waals surface area contributed by atoms with Gasteiger partial charge in [-0.2, -0.15) is 0 Å². The smallest absolute Gasteiger partial charge is 0.314 e. The largest absolute Gasteiger partial charge is 0.502 e. The van der Waals surface area contributed by atoms with Crippen LogP contribution in [0.15, 0.2) is 12.1 Å². The number of rotatable bonds is 8.